The summed E-state index contributed by atoms with van der Waals surface area (Å²) in [4.78, 5) is 4.13. The monoisotopic (exact) mass is 291 g/mol. The normalized spacial score (nSPS) is 19.8. The van der Waals surface area contributed by atoms with E-state index in [1.54, 1.807) is 23.6 Å². The van der Waals surface area contributed by atoms with Gasteiger partial charge in [-0.3, -0.25) is 4.98 Å². The molecule has 1 atom stereocenters. The third-order valence-corrected chi connectivity index (χ3v) is 5.55. The molecule has 0 N–H and O–H groups in total. The Bertz CT molecular complexity index is 694. The van der Waals surface area contributed by atoms with Crippen molar-refractivity contribution in [3.05, 3.63) is 54.1 Å². The van der Waals surface area contributed by atoms with Gasteiger partial charge in [-0.2, -0.15) is 4.31 Å². The highest BCUT2D eigenvalue weighted by molar-refractivity contribution is 7.89. The minimum absolute atomic E-state index is 0.116. The molecule has 3 rings (SSSR count). The van der Waals surface area contributed by atoms with Crippen LogP contribution in [0.1, 0.15) is 24.2 Å². The van der Waals surface area contributed by atoms with Gasteiger partial charge in [0.15, 0.2) is 0 Å². The Balaban J connectivity index is 2.13. The summed E-state index contributed by atoms with van der Waals surface area (Å²) < 4.78 is 28.4. The summed E-state index contributed by atoms with van der Waals surface area (Å²) in [7, 11) is -3.25. The van der Waals surface area contributed by atoms with E-state index in [9.17, 15) is 8.42 Å². The molecule has 0 fully saturated rings. The number of nitrogens with zero attached hydrogens (tertiary/aromatic N) is 3. The van der Waals surface area contributed by atoms with Gasteiger partial charge in [0, 0.05) is 37.4 Å². The van der Waals surface area contributed by atoms with Crippen LogP contribution in [0.3, 0.4) is 0 Å². The summed E-state index contributed by atoms with van der Waals surface area (Å²) in [6, 6.07) is 7.43. The van der Waals surface area contributed by atoms with Crippen LogP contribution in [0.4, 0.5) is 0 Å². The van der Waals surface area contributed by atoms with Gasteiger partial charge in [0.05, 0.1) is 11.8 Å². The fraction of sp³-hybridized carbons (Fsp3) is 0.357. The second-order valence-corrected chi connectivity index (χ2v) is 7.04. The fourth-order valence-electron chi connectivity index (χ4n) is 2.70. The molecule has 20 heavy (non-hydrogen) atoms. The van der Waals surface area contributed by atoms with Crippen molar-refractivity contribution in [2.45, 2.75) is 19.5 Å². The van der Waals surface area contributed by atoms with Crippen molar-refractivity contribution in [2.75, 3.05) is 12.3 Å². The number of aromatic nitrogens is 2. The van der Waals surface area contributed by atoms with Gasteiger partial charge >= 0.3 is 0 Å². The third kappa shape index (κ3) is 2.14. The smallest absolute Gasteiger partial charge is 0.214 e. The molecule has 106 valence electrons. The van der Waals surface area contributed by atoms with Crippen LogP contribution >= 0.6 is 0 Å². The lowest BCUT2D eigenvalue weighted by molar-refractivity contribution is 0.298. The fourth-order valence-corrected chi connectivity index (χ4v) is 3.94. The zero-order valence-corrected chi connectivity index (χ0v) is 12.1. The van der Waals surface area contributed by atoms with Crippen molar-refractivity contribution in [1.29, 1.82) is 0 Å². The van der Waals surface area contributed by atoms with E-state index in [1.807, 2.05) is 30.5 Å². The standard InChI is InChI=1S/C14H17N3O2S/c1-2-20(18,19)17-10-9-16-8-4-6-13(16)14(17)12-5-3-7-15-11-12/h3-8,11,14H,2,9-10H2,1H3. The van der Waals surface area contributed by atoms with Crippen molar-refractivity contribution < 1.29 is 8.42 Å². The zero-order valence-electron chi connectivity index (χ0n) is 11.3. The van der Waals surface area contributed by atoms with E-state index >= 15 is 0 Å². The second-order valence-electron chi connectivity index (χ2n) is 4.83. The average Bonchev–Trinajstić information content (AvgIpc) is 2.95. The molecule has 6 heteroatoms. The highest BCUT2D eigenvalue weighted by Crippen LogP contribution is 2.33. The predicted octanol–water partition coefficient (Wildman–Crippen LogP) is 1.64. The summed E-state index contributed by atoms with van der Waals surface area (Å²) in [5.41, 5.74) is 1.91. The van der Waals surface area contributed by atoms with Crippen LogP contribution in [0.25, 0.3) is 0 Å². The van der Waals surface area contributed by atoms with Gasteiger partial charge in [0.25, 0.3) is 0 Å². The van der Waals surface area contributed by atoms with Gasteiger partial charge < -0.3 is 4.57 Å². The topological polar surface area (TPSA) is 55.2 Å². The van der Waals surface area contributed by atoms with E-state index in [-0.39, 0.29) is 11.8 Å². The molecule has 0 aliphatic carbocycles. The quantitative estimate of drug-likeness (QED) is 0.864. The van der Waals surface area contributed by atoms with E-state index in [1.165, 1.54) is 0 Å². The minimum atomic E-state index is -3.25. The van der Waals surface area contributed by atoms with Gasteiger partial charge in [0.2, 0.25) is 10.0 Å². The molecule has 0 amide bonds. The lowest BCUT2D eigenvalue weighted by Gasteiger charge is -2.35. The molecule has 0 spiro atoms. The molecule has 0 aromatic carbocycles. The Morgan fingerprint density at radius 2 is 2.15 bits per heavy atom. The predicted molar refractivity (Wildman–Crippen MR) is 76.7 cm³/mol. The maximum absolute atomic E-state index is 12.4. The Kier molecular flexibility index (Phi) is 3.35. The number of hydrogen-bond acceptors (Lipinski definition) is 3. The van der Waals surface area contributed by atoms with Crippen LogP contribution in [-0.4, -0.2) is 34.6 Å². The van der Waals surface area contributed by atoms with Gasteiger partial charge in [-0.05, 0) is 30.7 Å². The first-order valence-corrected chi connectivity index (χ1v) is 8.29. The minimum Gasteiger partial charge on any atom is -0.348 e. The first-order chi connectivity index (χ1) is 9.63. The molecule has 2 aromatic rings. The van der Waals surface area contributed by atoms with Crippen LogP contribution < -0.4 is 0 Å². The first kappa shape index (κ1) is 13.3. The van der Waals surface area contributed by atoms with Gasteiger partial charge in [-0.1, -0.05) is 6.07 Å². The molecule has 2 aromatic heterocycles. The lowest BCUT2D eigenvalue weighted by atomic mass is 10.0. The van der Waals surface area contributed by atoms with Crippen LogP contribution in [0.15, 0.2) is 42.9 Å². The van der Waals surface area contributed by atoms with E-state index in [0.717, 1.165) is 11.3 Å². The number of hydrogen-bond donors (Lipinski definition) is 0. The molecule has 3 heterocycles. The van der Waals surface area contributed by atoms with Crippen LogP contribution in [0.2, 0.25) is 0 Å². The maximum atomic E-state index is 12.4. The van der Waals surface area contributed by atoms with E-state index in [0.29, 0.717) is 13.1 Å². The van der Waals surface area contributed by atoms with Gasteiger partial charge in [0.1, 0.15) is 0 Å². The molecule has 0 saturated heterocycles. The maximum Gasteiger partial charge on any atom is 0.214 e. The molecule has 5 nitrogen and oxygen atoms in total. The van der Waals surface area contributed by atoms with Crippen molar-refractivity contribution in [3.8, 4) is 0 Å². The van der Waals surface area contributed by atoms with Gasteiger partial charge in [-0.15, -0.1) is 0 Å². The molecular weight excluding hydrogens is 274 g/mol. The van der Waals surface area contributed by atoms with Crippen LogP contribution in [-0.2, 0) is 16.6 Å². The number of fused-ring (bicyclic) bond motifs is 1. The molecule has 0 radical (unpaired) electrons. The average molecular weight is 291 g/mol. The summed E-state index contributed by atoms with van der Waals surface area (Å²) in [5, 5.41) is 0. The van der Waals surface area contributed by atoms with Crippen molar-refractivity contribution in [3.63, 3.8) is 0 Å². The Morgan fingerprint density at radius 1 is 1.30 bits per heavy atom. The first-order valence-electron chi connectivity index (χ1n) is 6.68. The second kappa shape index (κ2) is 5.03. The van der Waals surface area contributed by atoms with E-state index in [4.69, 9.17) is 0 Å². The lowest BCUT2D eigenvalue weighted by Crippen LogP contribution is -2.43. The molecular formula is C14H17N3O2S. The van der Waals surface area contributed by atoms with Gasteiger partial charge in [-0.25, -0.2) is 8.42 Å². The van der Waals surface area contributed by atoms with Crippen molar-refractivity contribution in [2.24, 2.45) is 0 Å². The van der Waals surface area contributed by atoms with Crippen LogP contribution in [0.5, 0.6) is 0 Å². The number of pyridine rings is 1. The summed E-state index contributed by atoms with van der Waals surface area (Å²) in [6.45, 7) is 2.87. The molecule has 0 saturated carbocycles. The summed E-state index contributed by atoms with van der Waals surface area (Å²) in [6.07, 6.45) is 5.43. The summed E-state index contributed by atoms with van der Waals surface area (Å²) >= 11 is 0. The zero-order chi connectivity index (χ0) is 14.2. The summed E-state index contributed by atoms with van der Waals surface area (Å²) in [5.74, 6) is 0.116. The highest BCUT2D eigenvalue weighted by atomic mass is 32.2. The Labute approximate surface area is 118 Å². The SMILES string of the molecule is CCS(=O)(=O)N1CCn2cccc2C1c1cccnc1. The Morgan fingerprint density at radius 3 is 2.85 bits per heavy atom. The number of rotatable bonds is 3. The molecule has 1 aliphatic rings. The molecule has 0 bridgehead atoms. The molecule has 1 aliphatic heterocycles. The van der Waals surface area contributed by atoms with E-state index in [2.05, 4.69) is 9.55 Å². The largest absolute Gasteiger partial charge is 0.348 e. The van der Waals surface area contributed by atoms with Crippen molar-refractivity contribution >= 4 is 10.0 Å². The van der Waals surface area contributed by atoms with Crippen molar-refractivity contribution in [1.82, 2.24) is 13.9 Å². The Hall–Kier alpha value is -1.66. The third-order valence-electron chi connectivity index (χ3n) is 3.72. The number of sulfonamides is 1. The molecule has 1 unspecified atom stereocenters. The van der Waals surface area contributed by atoms with Crippen LogP contribution in [0, 0.1) is 0 Å². The van der Waals surface area contributed by atoms with E-state index < -0.39 is 10.0 Å². The highest BCUT2D eigenvalue weighted by Gasteiger charge is 2.35.